The summed E-state index contributed by atoms with van der Waals surface area (Å²) >= 11 is 0. The van der Waals surface area contributed by atoms with Gasteiger partial charge in [-0.1, -0.05) is 0 Å². The van der Waals surface area contributed by atoms with Gasteiger partial charge in [0, 0.05) is 40.3 Å². The molecule has 6 heteroatoms. The molecule has 0 saturated carbocycles. The van der Waals surface area contributed by atoms with Crippen molar-refractivity contribution in [3.05, 3.63) is 0 Å². The Morgan fingerprint density at radius 2 is 2.21 bits per heavy atom. The molecule has 1 rings (SSSR count). The summed E-state index contributed by atoms with van der Waals surface area (Å²) in [6.07, 6.45) is 0.215. The molecule has 1 aliphatic rings. The van der Waals surface area contributed by atoms with Crippen LogP contribution < -0.4 is 10.6 Å². The Morgan fingerprint density at radius 3 is 2.79 bits per heavy atom. The molecule has 0 radical (unpaired) electrons. The van der Waals surface area contributed by atoms with Gasteiger partial charge >= 0.3 is 0 Å². The van der Waals surface area contributed by atoms with Crippen molar-refractivity contribution in [2.45, 2.75) is 25.6 Å². The molecule has 1 atom stereocenters. The van der Waals surface area contributed by atoms with Crippen LogP contribution in [0, 0.1) is 0 Å². The van der Waals surface area contributed by atoms with E-state index in [1.54, 1.807) is 14.2 Å². The van der Waals surface area contributed by atoms with E-state index < -0.39 is 0 Å². The number of guanidine groups is 1. The van der Waals surface area contributed by atoms with Gasteiger partial charge in [0.1, 0.15) is 0 Å². The summed E-state index contributed by atoms with van der Waals surface area (Å²) in [5, 5.41) is 6.54. The van der Waals surface area contributed by atoms with E-state index in [-0.39, 0.29) is 11.7 Å². The van der Waals surface area contributed by atoms with Crippen LogP contribution in [0.5, 0.6) is 0 Å². The molecule has 0 aromatic rings. The Hall–Kier alpha value is -0.850. The second-order valence-electron chi connectivity index (χ2n) is 5.53. The number of morpholine rings is 1. The quantitative estimate of drug-likeness (QED) is 0.541. The molecular weight excluding hydrogens is 244 g/mol. The molecule has 112 valence electrons. The van der Waals surface area contributed by atoms with E-state index in [0.29, 0.717) is 6.54 Å². The zero-order valence-electron chi connectivity index (χ0n) is 12.8. The first-order chi connectivity index (χ1) is 8.96. The summed E-state index contributed by atoms with van der Waals surface area (Å²) in [5.41, 5.74) is -0.209. The number of hydrogen-bond acceptors (Lipinski definition) is 4. The number of nitrogens with one attached hydrogen (secondary N) is 2. The second-order valence-corrected chi connectivity index (χ2v) is 5.53. The maximum Gasteiger partial charge on any atom is 0.191 e. The van der Waals surface area contributed by atoms with Crippen LogP contribution in [0.25, 0.3) is 0 Å². The van der Waals surface area contributed by atoms with Crippen LogP contribution in [-0.4, -0.2) is 76.6 Å². The zero-order valence-corrected chi connectivity index (χ0v) is 12.8. The molecule has 1 fully saturated rings. The van der Waals surface area contributed by atoms with Crippen LogP contribution in [0.15, 0.2) is 4.99 Å². The normalized spacial score (nSPS) is 22.4. The summed E-state index contributed by atoms with van der Waals surface area (Å²) in [6.45, 7) is 8.29. The minimum atomic E-state index is -0.209. The van der Waals surface area contributed by atoms with Crippen molar-refractivity contribution in [1.82, 2.24) is 15.5 Å². The molecule has 0 aliphatic carbocycles. The molecular formula is C13H28N4O2. The molecule has 2 N–H and O–H groups in total. The predicted molar refractivity (Wildman–Crippen MR) is 77.7 cm³/mol. The van der Waals surface area contributed by atoms with E-state index in [4.69, 9.17) is 9.47 Å². The van der Waals surface area contributed by atoms with Gasteiger partial charge in [0.15, 0.2) is 5.96 Å². The average Bonchev–Trinajstić information content (AvgIpc) is 2.39. The van der Waals surface area contributed by atoms with Crippen molar-refractivity contribution < 1.29 is 9.47 Å². The predicted octanol–water partition coefficient (Wildman–Crippen LogP) is -0.0930. The first-order valence-corrected chi connectivity index (χ1v) is 6.76. The number of nitrogens with zero attached hydrogens (tertiary/aromatic N) is 2. The number of methoxy groups -OCH3 is 1. The second kappa shape index (κ2) is 7.67. The highest BCUT2D eigenvalue weighted by atomic mass is 16.5. The highest BCUT2D eigenvalue weighted by molar-refractivity contribution is 5.79. The van der Waals surface area contributed by atoms with Crippen LogP contribution in [-0.2, 0) is 9.47 Å². The standard InChI is InChI=1S/C13H28N4O2/c1-13(2,18-5)10-16-12(14-3)15-8-11-9-17(4)6-7-19-11/h11H,6-10H2,1-5H3,(H2,14,15,16). The van der Waals surface area contributed by atoms with Crippen molar-refractivity contribution in [3.8, 4) is 0 Å². The zero-order chi connectivity index (χ0) is 14.3. The first kappa shape index (κ1) is 16.2. The van der Waals surface area contributed by atoms with E-state index in [0.717, 1.165) is 32.2 Å². The van der Waals surface area contributed by atoms with Gasteiger partial charge in [-0.3, -0.25) is 4.99 Å². The lowest BCUT2D eigenvalue weighted by molar-refractivity contribution is -0.0161. The van der Waals surface area contributed by atoms with Gasteiger partial charge < -0.3 is 25.0 Å². The van der Waals surface area contributed by atoms with Crippen molar-refractivity contribution in [2.75, 3.05) is 54.0 Å². The molecule has 1 heterocycles. The third kappa shape index (κ3) is 6.22. The molecule has 0 amide bonds. The van der Waals surface area contributed by atoms with Crippen LogP contribution in [0.2, 0.25) is 0 Å². The minimum absolute atomic E-state index is 0.209. The maximum atomic E-state index is 5.70. The third-order valence-electron chi connectivity index (χ3n) is 3.30. The van der Waals surface area contributed by atoms with Crippen LogP contribution in [0.1, 0.15) is 13.8 Å². The van der Waals surface area contributed by atoms with Crippen LogP contribution >= 0.6 is 0 Å². The van der Waals surface area contributed by atoms with Gasteiger partial charge in [-0.25, -0.2) is 0 Å². The molecule has 1 aliphatic heterocycles. The van der Waals surface area contributed by atoms with E-state index in [2.05, 4.69) is 27.6 Å². The number of rotatable bonds is 5. The number of likely N-dealkylation sites (N-methyl/N-ethyl adjacent to an activating group) is 1. The van der Waals surface area contributed by atoms with E-state index >= 15 is 0 Å². The van der Waals surface area contributed by atoms with Gasteiger partial charge in [-0.15, -0.1) is 0 Å². The summed E-state index contributed by atoms with van der Waals surface area (Å²) in [5.74, 6) is 0.780. The fourth-order valence-corrected chi connectivity index (χ4v) is 1.79. The van der Waals surface area contributed by atoms with Gasteiger partial charge in [0.25, 0.3) is 0 Å². The highest BCUT2D eigenvalue weighted by Crippen LogP contribution is 2.04. The van der Waals surface area contributed by atoms with Gasteiger partial charge in [0.2, 0.25) is 0 Å². The number of aliphatic imine (C=N–C) groups is 1. The highest BCUT2D eigenvalue weighted by Gasteiger charge is 2.19. The molecule has 0 spiro atoms. The Kier molecular flexibility index (Phi) is 6.54. The van der Waals surface area contributed by atoms with E-state index in [1.165, 1.54) is 0 Å². The van der Waals surface area contributed by atoms with Gasteiger partial charge in [-0.2, -0.15) is 0 Å². The Labute approximate surface area is 116 Å². The first-order valence-electron chi connectivity index (χ1n) is 6.76. The van der Waals surface area contributed by atoms with Crippen LogP contribution in [0.4, 0.5) is 0 Å². The SMILES string of the molecule is CN=C(NCC1CN(C)CCO1)NCC(C)(C)OC. The van der Waals surface area contributed by atoms with E-state index in [9.17, 15) is 0 Å². The topological polar surface area (TPSA) is 58.1 Å². The summed E-state index contributed by atoms with van der Waals surface area (Å²) in [6, 6.07) is 0. The number of hydrogen-bond donors (Lipinski definition) is 2. The molecule has 19 heavy (non-hydrogen) atoms. The Balaban J connectivity index is 2.29. The summed E-state index contributed by atoms with van der Waals surface area (Å²) < 4.78 is 11.1. The van der Waals surface area contributed by atoms with Crippen LogP contribution in [0.3, 0.4) is 0 Å². The summed E-state index contributed by atoms with van der Waals surface area (Å²) in [4.78, 5) is 6.48. The van der Waals surface area contributed by atoms with E-state index in [1.807, 2.05) is 13.8 Å². The molecule has 1 unspecified atom stereocenters. The fraction of sp³-hybridized carbons (Fsp3) is 0.923. The average molecular weight is 272 g/mol. The lowest BCUT2D eigenvalue weighted by atomic mass is 10.1. The fourth-order valence-electron chi connectivity index (χ4n) is 1.79. The molecule has 6 nitrogen and oxygen atoms in total. The monoisotopic (exact) mass is 272 g/mol. The van der Waals surface area contributed by atoms with Crippen molar-refractivity contribution >= 4 is 5.96 Å². The lowest BCUT2D eigenvalue weighted by Crippen LogP contribution is -2.50. The molecule has 0 bridgehead atoms. The lowest BCUT2D eigenvalue weighted by Gasteiger charge is -2.31. The number of ether oxygens (including phenoxy) is 2. The Bertz CT molecular complexity index is 294. The smallest absolute Gasteiger partial charge is 0.191 e. The van der Waals surface area contributed by atoms with Gasteiger partial charge in [-0.05, 0) is 20.9 Å². The largest absolute Gasteiger partial charge is 0.377 e. The Morgan fingerprint density at radius 1 is 1.47 bits per heavy atom. The van der Waals surface area contributed by atoms with Crippen molar-refractivity contribution in [2.24, 2.45) is 4.99 Å². The van der Waals surface area contributed by atoms with Crippen molar-refractivity contribution in [3.63, 3.8) is 0 Å². The minimum Gasteiger partial charge on any atom is -0.377 e. The molecule has 0 aromatic heterocycles. The summed E-state index contributed by atoms with van der Waals surface area (Å²) in [7, 11) is 5.59. The van der Waals surface area contributed by atoms with Gasteiger partial charge in [0.05, 0.1) is 18.3 Å². The third-order valence-corrected chi connectivity index (χ3v) is 3.30. The molecule has 0 aromatic carbocycles. The molecule has 1 saturated heterocycles. The van der Waals surface area contributed by atoms with Crippen molar-refractivity contribution in [1.29, 1.82) is 0 Å². The maximum absolute atomic E-state index is 5.70.